The van der Waals surface area contributed by atoms with Crippen LogP contribution in [0.3, 0.4) is 0 Å². The third-order valence-electron chi connectivity index (χ3n) is 10.2. The molecular weight excluding hydrogens is 596 g/mol. The number of nitrogens with zero attached hydrogens (tertiary/aromatic N) is 1. The molecule has 13 nitrogen and oxygen atoms in total. The second-order valence-electron chi connectivity index (χ2n) is 12.7. The van der Waals surface area contributed by atoms with Gasteiger partial charge in [0.1, 0.15) is 11.6 Å². The first-order valence-corrected chi connectivity index (χ1v) is 15.9. The van der Waals surface area contributed by atoms with Gasteiger partial charge >= 0.3 is 5.97 Å². The second kappa shape index (κ2) is 13.1. The Morgan fingerprint density at radius 1 is 1.25 bits per heavy atom. The highest BCUT2D eigenvalue weighted by molar-refractivity contribution is 8.13. The van der Waals surface area contributed by atoms with E-state index in [9.17, 15) is 44.3 Å². The van der Waals surface area contributed by atoms with Crippen LogP contribution in [0, 0.1) is 38.7 Å². The maximum atomic E-state index is 13.6. The van der Waals surface area contributed by atoms with Gasteiger partial charge in [-0.05, 0) is 62.5 Å². The third-order valence-corrected chi connectivity index (χ3v) is 11.3. The highest BCUT2D eigenvalue weighted by Gasteiger charge is 2.68. The summed E-state index contributed by atoms with van der Waals surface area (Å²) in [5, 5.41) is 34.7. The average molecular weight is 637 g/mol. The maximum Gasteiger partial charge on any atom is 0.329 e. The van der Waals surface area contributed by atoms with E-state index < -0.39 is 57.9 Å². The van der Waals surface area contributed by atoms with Gasteiger partial charge in [0.15, 0.2) is 17.5 Å². The second-order valence-corrected chi connectivity index (χ2v) is 13.8. The Labute approximate surface area is 259 Å². The molecule has 0 aliphatic heterocycles. The number of nitrogens with one attached hydrogen (secondary N) is 1. The molecule has 3 N–H and O–H groups in total. The first-order valence-electron chi connectivity index (χ1n) is 14.9. The van der Waals surface area contributed by atoms with Crippen LogP contribution in [0.5, 0.6) is 0 Å². The van der Waals surface area contributed by atoms with E-state index in [1.54, 1.807) is 12.2 Å². The number of aliphatic hydroxyl groups is 2. The van der Waals surface area contributed by atoms with E-state index in [2.05, 4.69) is 10.2 Å². The van der Waals surface area contributed by atoms with Crippen LogP contribution >= 0.6 is 11.8 Å². The number of esters is 1. The largest absolute Gasteiger partial charge is 0.456 e. The number of Topliss-reactive ketones (excluding diaryl/α,β-unsaturated/α-hetero) is 1. The molecule has 0 radical (unpaired) electrons. The number of aliphatic hydroxyl groups excluding tert-OH is 1. The third kappa shape index (κ3) is 6.47. The number of fused-ring (bicyclic) bond motifs is 5. The van der Waals surface area contributed by atoms with E-state index in [-0.39, 0.29) is 66.7 Å². The number of hydrogen-bond acceptors (Lipinski definition) is 12. The van der Waals surface area contributed by atoms with Gasteiger partial charge in [0.25, 0.3) is 5.09 Å². The predicted octanol–water partition coefficient (Wildman–Crippen LogP) is 1.86. The zero-order valence-electron chi connectivity index (χ0n) is 25.1. The number of rotatable bonds is 12. The number of carbonyl (C=O) groups is 5. The Hall–Kier alpha value is -3.10. The van der Waals surface area contributed by atoms with Crippen molar-refractivity contribution in [3.8, 4) is 0 Å². The molecule has 0 aromatic rings. The van der Waals surface area contributed by atoms with E-state index in [0.29, 0.717) is 12.8 Å². The van der Waals surface area contributed by atoms with Crippen molar-refractivity contribution in [2.75, 3.05) is 19.0 Å². The molecule has 242 valence electrons. The Balaban J connectivity index is 1.39. The lowest BCUT2D eigenvalue weighted by atomic mass is 9.46. The monoisotopic (exact) mass is 636 g/mol. The van der Waals surface area contributed by atoms with Crippen molar-refractivity contribution in [3.63, 3.8) is 0 Å². The Bertz CT molecular complexity index is 1280. The summed E-state index contributed by atoms with van der Waals surface area (Å²) in [6.45, 7) is 4.04. The number of thioether (sulfide) groups is 1. The van der Waals surface area contributed by atoms with Crippen LogP contribution < -0.4 is 5.32 Å². The van der Waals surface area contributed by atoms with Gasteiger partial charge in [0.05, 0.1) is 12.7 Å². The van der Waals surface area contributed by atoms with Crippen molar-refractivity contribution in [2.24, 2.45) is 28.6 Å². The topological polar surface area (TPSA) is 199 Å². The number of amides is 1. The quantitative estimate of drug-likeness (QED) is 0.122. The molecule has 4 aliphatic rings. The molecule has 3 fully saturated rings. The van der Waals surface area contributed by atoms with Gasteiger partial charge < -0.3 is 25.1 Å². The van der Waals surface area contributed by atoms with Crippen molar-refractivity contribution in [2.45, 2.75) is 83.5 Å². The van der Waals surface area contributed by atoms with Crippen molar-refractivity contribution >= 4 is 40.3 Å². The fourth-order valence-electron chi connectivity index (χ4n) is 8.16. The van der Waals surface area contributed by atoms with E-state index in [1.807, 2.05) is 19.9 Å². The molecule has 4 aliphatic carbocycles. The summed E-state index contributed by atoms with van der Waals surface area (Å²) in [7, 11) is 0. The molecule has 4 unspecified atom stereocenters. The molecule has 4 rings (SSSR count). The zero-order valence-corrected chi connectivity index (χ0v) is 25.9. The molecule has 1 amide bonds. The van der Waals surface area contributed by atoms with Crippen LogP contribution in [0.1, 0.15) is 65.7 Å². The summed E-state index contributed by atoms with van der Waals surface area (Å²) in [6.07, 6.45) is 6.59. The molecule has 0 saturated heterocycles. The molecule has 0 spiro atoms. The fraction of sp³-hybridized carbons (Fsp3) is 0.700. The smallest absolute Gasteiger partial charge is 0.329 e. The highest BCUT2D eigenvalue weighted by Crippen LogP contribution is 2.67. The van der Waals surface area contributed by atoms with E-state index in [0.717, 1.165) is 23.8 Å². The summed E-state index contributed by atoms with van der Waals surface area (Å²) in [4.78, 5) is 76.7. The minimum Gasteiger partial charge on any atom is -0.456 e. The highest BCUT2D eigenvalue weighted by atomic mass is 32.2. The summed E-state index contributed by atoms with van der Waals surface area (Å²) in [5.41, 5.74) is -2.30. The minimum absolute atomic E-state index is 0.0120. The number of hydrogen-bond donors (Lipinski definition) is 3. The predicted molar refractivity (Wildman–Crippen MR) is 156 cm³/mol. The molecule has 0 aromatic carbocycles. The van der Waals surface area contributed by atoms with Gasteiger partial charge in [-0.25, -0.2) is 4.79 Å². The maximum absolute atomic E-state index is 13.6. The van der Waals surface area contributed by atoms with Gasteiger partial charge in [-0.15, -0.1) is 10.1 Å². The van der Waals surface area contributed by atoms with Crippen LogP contribution in [0.4, 0.5) is 0 Å². The van der Waals surface area contributed by atoms with Crippen LogP contribution in [-0.4, -0.2) is 80.6 Å². The Morgan fingerprint density at radius 2 is 1.98 bits per heavy atom. The van der Waals surface area contributed by atoms with Crippen molar-refractivity contribution in [3.05, 3.63) is 33.9 Å². The van der Waals surface area contributed by atoms with Crippen molar-refractivity contribution < 1.29 is 48.8 Å². The number of allylic oxidation sites excluding steroid dienone is 4. The number of carbonyl (C=O) groups excluding carboxylic acids is 5. The van der Waals surface area contributed by atoms with E-state index in [1.165, 1.54) is 6.92 Å². The molecule has 14 heteroatoms. The Morgan fingerprint density at radius 3 is 2.66 bits per heavy atom. The minimum atomic E-state index is -1.85. The number of ketones is 2. The zero-order chi connectivity index (χ0) is 32.4. The first kappa shape index (κ1) is 33.8. The van der Waals surface area contributed by atoms with Crippen LogP contribution in [-0.2, 0) is 33.5 Å². The molecule has 0 heterocycles. The normalized spacial score (nSPS) is 34.5. The summed E-state index contributed by atoms with van der Waals surface area (Å²) in [5.74, 6) is -2.67. The van der Waals surface area contributed by atoms with Crippen LogP contribution in [0.2, 0.25) is 0 Å². The van der Waals surface area contributed by atoms with Gasteiger partial charge in [0.2, 0.25) is 11.7 Å². The first-order chi connectivity index (χ1) is 20.6. The molecule has 0 bridgehead atoms. The van der Waals surface area contributed by atoms with Crippen LogP contribution in [0.25, 0.3) is 0 Å². The number of ether oxygens (including phenoxy) is 1. The molecule has 8 atom stereocenters. The SMILES string of the molecule is CC(=O)NC(CSC(=O)CCCO[N+](=O)[O-])C(=O)OCC(=O)[C@@]1(O)CCC2C3CCC4=CC(=O)C=C[C@]4(C)C3[C@@H](O)C[C@@]21C. The average Bonchev–Trinajstić information content (AvgIpc) is 3.22. The van der Waals surface area contributed by atoms with Gasteiger partial charge in [0, 0.05) is 35.8 Å². The molecule has 3 saturated carbocycles. The molecular formula is C30H40N2O11S. The summed E-state index contributed by atoms with van der Waals surface area (Å²) < 4.78 is 5.26. The van der Waals surface area contributed by atoms with Gasteiger partial charge in [-0.1, -0.05) is 37.3 Å². The molecule has 44 heavy (non-hydrogen) atoms. The van der Waals surface area contributed by atoms with E-state index >= 15 is 0 Å². The van der Waals surface area contributed by atoms with E-state index in [4.69, 9.17) is 4.74 Å². The summed E-state index contributed by atoms with van der Waals surface area (Å²) in [6, 6.07) is -1.25. The van der Waals surface area contributed by atoms with Crippen LogP contribution in [0.15, 0.2) is 23.8 Å². The van der Waals surface area contributed by atoms with Gasteiger partial charge in [-0.3, -0.25) is 19.2 Å². The lowest BCUT2D eigenvalue weighted by molar-refractivity contribution is -0.757. The van der Waals surface area contributed by atoms with Crippen molar-refractivity contribution in [1.82, 2.24) is 5.32 Å². The lowest BCUT2D eigenvalue weighted by Crippen LogP contribution is -2.61. The molecule has 0 aromatic heterocycles. The lowest BCUT2D eigenvalue weighted by Gasteiger charge is -2.59. The Kier molecular flexibility index (Phi) is 10.1. The van der Waals surface area contributed by atoms with Gasteiger partial charge in [-0.2, -0.15) is 0 Å². The summed E-state index contributed by atoms with van der Waals surface area (Å²) >= 11 is 0.736. The fourth-order valence-corrected chi connectivity index (χ4v) is 9.02. The van der Waals surface area contributed by atoms with Crippen molar-refractivity contribution in [1.29, 1.82) is 0 Å². The standard InChI is InChI=1S/C30H40N2O11S/c1-17(33)31-22(16-44-25(37)5-4-12-43-32(40)41)27(38)42-15-24(36)30(39)11-9-21-20-7-6-18-13-19(34)8-10-28(18,2)26(20)23(35)14-29(21,30)3/h8,10,13,20-23,26,35,39H,4-7,9,11-12,14-16H2,1-3H3,(H,31,33)/t20?,21?,22?,23-,26?,28-,29-,30-/m0/s1.